The van der Waals surface area contributed by atoms with E-state index in [4.69, 9.17) is 0 Å². The van der Waals surface area contributed by atoms with Crippen molar-refractivity contribution in [2.75, 3.05) is 0 Å². The summed E-state index contributed by atoms with van der Waals surface area (Å²) in [4.78, 5) is 10.0. The number of rotatable bonds is 4. The maximum atomic E-state index is 4.47. The lowest BCUT2D eigenvalue weighted by Crippen LogP contribution is -2.18. The summed E-state index contributed by atoms with van der Waals surface area (Å²) in [6.07, 6.45) is 0. The largest absolute Gasteiger partial charge is 0.304 e. The van der Waals surface area contributed by atoms with Crippen LogP contribution >= 0.6 is 11.3 Å². The van der Waals surface area contributed by atoms with Gasteiger partial charge in [-0.3, -0.25) is 4.98 Å². The summed E-state index contributed by atoms with van der Waals surface area (Å²) in [5.41, 5.74) is 5.16. The number of nitrogens with one attached hydrogen (secondary N) is 1. The smallest absolute Gasteiger partial charge is 0.0798 e. The third kappa shape index (κ3) is 3.11. The topological polar surface area (TPSA) is 37.8 Å². The summed E-state index contributed by atoms with van der Waals surface area (Å²) in [6, 6.07) is 6.43. The molecule has 0 bridgehead atoms. The lowest BCUT2D eigenvalue weighted by atomic mass is 10.2. The predicted molar refractivity (Wildman–Crippen MR) is 71.1 cm³/mol. The van der Waals surface area contributed by atoms with Crippen molar-refractivity contribution in [3.8, 4) is 0 Å². The Hall–Kier alpha value is -1.26. The third-order valence-electron chi connectivity index (χ3n) is 2.71. The number of thiazole rings is 1. The number of hydrogen-bond acceptors (Lipinski definition) is 4. The van der Waals surface area contributed by atoms with E-state index in [1.165, 1.54) is 4.88 Å². The SMILES string of the molecule is Cc1cccc(CNC(C)c2scnc2C)n1. The fourth-order valence-corrected chi connectivity index (χ4v) is 2.61. The molecule has 17 heavy (non-hydrogen) atoms. The Morgan fingerprint density at radius 2 is 2.18 bits per heavy atom. The van der Waals surface area contributed by atoms with Gasteiger partial charge in [-0.05, 0) is 32.9 Å². The minimum atomic E-state index is 0.324. The third-order valence-corrected chi connectivity index (χ3v) is 3.82. The molecule has 2 heterocycles. The van der Waals surface area contributed by atoms with E-state index >= 15 is 0 Å². The van der Waals surface area contributed by atoms with Crippen molar-refractivity contribution in [2.45, 2.75) is 33.4 Å². The second-order valence-electron chi connectivity index (χ2n) is 4.17. The molecule has 0 aliphatic carbocycles. The highest BCUT2D eigenvalue weighted by Crippen LogP contribution is 2.21. The molecule has 0 spiro atoms. The van der Waals surface area contributed by atoms with E-state index in [1.54, 1.807) is 11.3 Å². The quantitative estimate of drug-likeness (QED) is 0.902. The van der Waals surface area contributed by atoms with Crippen LogP contribution in [0.1, 0.15) is 34.9 Å². The summed E-state index contributed by atoms with van der Waals surface area (Å²) in [5, 5.41) is 3.48. The number of hydrogen-bond donors (Lipinski definition) is 1. The molecule has 0 saturated heterocycles. The molecule has 3 nitrogen and oxygen atoms in total. The molecule has 0 aliphatic heterocycles. The van der Waals surface area contributed by atoms with E-state index in [1.807, 2.05) is 30.6 Å². The summed E-state index contributed by atoms with van der Waals surface area (Å²) in [7, 11) is 0. The second kappa shape index (κ2) is 5.38. The molecular formula is C13H17N3S. The highest BCUT2D eigenvalue weighted by molar-refractivity contribution is 7.09. The zero-order valence-electron chi connectivity index (χ0n) is 10.4. The molecule has 2 aromatic heterocycles. The van der Waals surface area contributed by atoms with Gasteiger partial charge in [0, 0.05) is 23.2 Å². The Balaban J connectivity index is 1.97. The van der Waals surface area contributed by atoms with Crippen molar-refractivity contribution in [3.63, 3.8) is 0 Å². The fraction of sp³-hybridized carbons (Fsp3) is 0.385. The van der Waals surface area contributed by atoms with E-state index < -0.39 is 0 Å². The van der Waals surface area contributed by atoms with Crippen LogP contribution in [0.3, 0.4) is 0 Å². The van der Waals surface area contributed by atoms with Crippen LogP contribution in [0.5, 0.6) is 0 Å². The van der Waals surface area contributed by atoms with Crippen molar-refractivity contribution in [2.24, 2.45) is 0 Å². The minimum Gasteiger partial charge on any atom is -0.304 e. The van der Waals surface area contributed by atoms with Crippen LogP contribution in [-0.2, 0) is 6.54 Å². The molecule has 4 heteroatoms. The van der Waals surface area contributed by atoms with E-state index in [9.17, 15) is 0 Å². The lowest BCUT2D eigenvalue weighted by molar-refractivity contribution is 0.571. The van der Waals surface area contributed by atoms with Gasteiger partial charge < -0.3 is 5.32 Å². The van der Waals surface area contributed by atoms with Gasteiger partial charge >= 0.3 is 0 Å². The van der Waals surface area contributed by atoms with Gasteiger partial charge in [0.05, 0.1) is 16.9 Å². The van der Waals surface area contributed by atoms with E-state index in [-0.39, 0.29) is 0 Å². The highest BCUT2D eigenvalue weighted by atomic mass is 32.1. The van der Waals surface area contributed by atoms with Crippen LogP contribution in [0.25, 0.3) is 0 Å². The number of aromatic nitrogens is 2. The molecule has 0 radical (unpaired) electrons. The monoisotopic (exact) mass is 247 g/mol. The second-order valence-corrected chi connectivity index (χ2v) is 5.06. The molecule has 0 amide bonds. The van der Waals surface area contributed by atoms with Crippen molar-refractivity contribution in [1.29, 1.82) is 0 Å². The maximum Gasteiger partial charge on any atom is 0.0798 e. The summed E-state index contributed by atoms with van der Waals surface area (Å²) >= 11 is 1.70. The molecule has 1 atom stereocenters. The van der Waals surface area contributed by atoms with Crippen molar-refractivity contribution < 1.29 is 0 Å². The summed E-state index contributed by atoms with van der Waals surface area (Å²) < 4.78 is 0. The van der Waals surface area contributed by atoms with Gasteiger partial charge in [0.2, 0.25) is 0 Å². The van der Waals surface area contributed by atoms with Crippen molar-refractivity contribution in [1.82, 2.24) is 15.3 Å². The standard InChI is InChI=1S/C13H17N3S/c1-9-5-4-6-12(16-9)7-14-10(2)13-11(3)15-8-17-13/h4-6,8,10,14H,7H2,1-3H3. The number of pyridine rings is 1. The lowest BCUT2D eigenvalue weighted by Gasteiger charge is -2.12. The summed E-state index contributed by atoms with van der Waals surface area (Å²) in [5.74, 6) is 0. The molecule has 2 aromatic rings. The molecule has 0 aromatic carbocycles. The van der Waals surface area contributed by atoms with Crippen LogP contribution in [0, 0.1) is 13.8 Å². The van der Waals surface area contributed by atoms with Crippen molar-refractivity contribution in [3.05, 3.63) is 45.7 Å². The normalized spacial score (nSPS) is 12.6. The van der Waals surface area contributed by atoms with Gasteiger partial charge in [0.15, 0.2) is 0 Å². The molecule has 1 unspecified atom stereocenters. The molecule has 0 saturated carbocycles. The van der Waals surface area contributed by atoms with Crippen LogP contribution < -0.4 is 5.32 Å². The fourth-order valence-electron chi connectivity index (χ4n) is 1.77. The Labute approximate surface area is 106 Å². The first-order chi connectivity index (χ1) is 8.16. The zero-order valence-corrected chi connectivity index (χ0v) is 11.2. The van der Waals surface area contributed by atoms with Crippen LogP contribution in [-0.4, -0.2) is 9.97 Å². The highest BCUT2D eigenvalue weighted by Gasteiger charge is 2.10. The van der Waals surface area contributed by atoms with Crippen LogP contribution in [0.4, 0.5) is 0 Å². The molecule has 0 aliphatic rings. The average molecular weight is 247 g/mol. The van der Waals surface area contributed by atoms with Crippen molar-refractivity contribution >= 4 is 11.3 Å². The van der Waals surface area contributed by atoms with Gasteiger partial charge in [-0.25, -0.2) is 4.98 Å². The Morgan fingerprint density at radius 1 is 1.35 bits per heavy atom. The molecule has 0 fully saturated rings. The van der Waals surface area contributed by atoms with Gasteiger partial charge in [-0.2, -0.15) is 0 Å². The Morgan fingerprint density at radius 3 is 2.82 bits per heavy atom. The van der Waals surface area contributed by atoms with Gasteiger partial charge in [-0.1, -0.05) is 6.07 Å². The molecule has 90 valence electrons. The Kier molecular flexibility index (Phi) is 3.86. The number of nitrogens with zero attached hydrogens (tertiary/aromatic N) is 2. The first-order valence-electron chi connectivity index (χ1n) is 5.72. The minimum absolute atomic E-state index is 0.324. The summed E-state index contributed by atoms with van der Waals surface area (Å²) in [6.45, 7) is 7.02. The Bertz CT molecular complexity index is 493. The van der Waals surface area contributed by atoms with E-state index in [0.29, 0.717) is 6.04 Å². The first kappa shape index (κ1) is 12.2. The van der Waals surface area contributed by atoms with Crippen LogP contribution in [0.2, 0.25) is 0 Å². The predicted octanol–water partition coefficient (Wildman–Crippen LogP) is 3.01. The van der Waals surface area contributed by atoms with Crippen LogP contribution in [0.15, 0.2) is 23.7 Å². The van der Waals surface area contributed by atoms with E-state index in [2.05, 4.69) is 29.1 Å². The zero-order chi connectivity index (χ0) is 12.3. The molecule has 2 rings (SSSR count). The molecular weight excluding hydrogens is 230 g/mol. The maximum absolute atomic E-state index is 4.47. The van der Waals surface area contributed by atoms with Gasteiger partial charge in [0.1, 0.15) is 0 Å². The average Bonchev–Trinajstić information content (AvgIpc) is 2.72. The van der Waals surface area contributed by atoms with Gasteiger partial charge in [-0.15, -0.1) is 11.3 Å². The van der Waals surface area contributed by atoms with Gasteiger partial charge in [0.25, 0.3) is 0 Å². The first-order valence-corrected chi connectivity index (χ1v) is 6.60. The molecule has 1 N–H and O–H groups in total. The number of aryl methyl sites for hydroxylation is 2. The van der Waals surface area contributed by atoms with E-state index in [0.717, 1.165) is 23.6 Å².